The molecule has 0 bridgehead atoms. The first kappa shape index (κ1) is 11.3. The van der Waals surface area contributed by atoms with Gasteiger partial charge in [-0.2, -0.15) is 11.8 Å². The van der Waals surface area contributed by atoms with Gasteiger partial charge in [0.15, 0.2) is 0 Å². The van der Waals surface area contributed by atoms with E-state index in [-0.39, 0.29) is 0 Å². The Bertz CT molecular complexity index is 247. The summed E-state index contributed by atoms with van der Waals surface area (Å²) in [6, 6.07) is 0.329. The molecular formula is C11H20N2OS. The number of nitrogens with two attached hydrogens (primary N) is 1. The molecule has 1 saturated carbocycles. The third kappa shape index (κ3) is 2.31. The average Bonchev–Trinajstić information content (AvgIpc) is 2.63. The van der Waals surface area contributed by atoms with Crippen LogP contribution in [0.3, 0.4) is 0 Å². The van der Waals surface area contributed by atoms with Gasteiger partial charge in [0.1, 0.15) is 0 Å². The van der Waals surface area contributed by atoms with E-state index in [9.17, 15) is 4.79 Å². The van der Waals surface area contributed by atoms with Gasteiger partial charge >= 0.3 is 0 Å². The summed E-state index contributed by atoms with van der Waals surface area (Å²) < 4.78 is 0. The molecule has 3 unspecified atom stereocenters. The number of hydrogen-bond donors (Lipinski definition) is 1. The lowest BCUT2D eigenvalue weighted by Gasteiger charge is -2.29. The first-order valence-electron chi connectivity index (χ1n) is 5.74. The van der Waals surface area contributed by atoms with Gasteiger partial charge in [-0.05, 0) is 30.9 Å². The summed E-state index contributed by atoms with van der Waals surface area (Å²) in [6.45, 7) is 1.86. The maximum atomic E-state index is 11.8. The molecular weight excluding hydrogens is 208 g/mol. The topological polar surface area (TPSA) is 46.3 Å². The van der Waals surface area contributed by atoms with E-state index in [0.717, 1.165) is 19.5 Å². The van der Waals surface area contributed by atoms with Crippen LogP contribution in [0.4, 0.5) is 0 Å². The molecule has 2 N–H and O–H groups in total. The maximum absolute atomic E-state index is 11.8. The standard InChI is InChI=1S/C11H20N2OS/c1-15-7-11(14)13-5-8-3-2-4-10(12)9(8)6-13/h8-10H,2-7,12H2,1H3. The summed E-state index contributed by atoms with van der Waals surface area (Å²) in [5, 5.41) is 0. The van der Waals surface area contributed by atoms with Crippen LogP contribution < -0.4 is 5.73 Å². The molecule has 1 aliphatic carbocycles. The molecule has 0 radical (unpaired) electrons. The van der Waals surface area contributed by atoms with Crippen molar-refractivity contribution in [1.29, 1.82) is 0 Å². The number of thioether (sulfide) groups is 1. The Morgan fingerprint density at radius 3 is 2.93 bits per heavy atom. The number of carbonyl (C=O) groups excluding carboxylic acids is 1. The van der Waals surface area contributed by atoms with Gasteiger partial charge in [0.05, 0.1) is 5.75 Å². The quantitative estimate of drug-likeness (QED) is 0.765. The summed E-state index contributed by atoms with van der Waals surface area (Å²) in [5.41, 5.74) is 6.11. The fourth-order valence-electron chi connectivity index (χ4n) is 2.94. The first-order chi connectivity index (χ1) is 7.22. The minimum atomic E-state index is 0.295. The fraction of sp³-hybridized carbons (Fsp3) is 0.909. The zero-order chi connectivity index (χ0) is 10.8. The molecule has 1 saturated heterocycles. The minimum Gasteiger partial charge on any atom is -0.341 e. The molecule has 2 fully saturated rings. The molecule has 2 aliphatic rings. The van der Waals surface area contributed by atoms with Crippen LogP contribution in [-0.4, -0.2) is 41.9 Å². The van der Waals surface area contributed by atoms with Crippen LogP contribution in [0, 0.1) is 11.8 Å². The lowest BCUT2D eigenvalue weighted by molar-refractivity contribution is -0.127. The first-order valence-corrected chi connectivity index (χ1v) is 7.14. The van der Waals surface area contributed by atoms with Gasteiger partial charge < -0.3 is 10.6 Å². The molecule has 0 aromatic heterocycles. The molecule has 4 heteroatoms. The Balaban J connectivity index is 1.94. The molecule has 15 heavy (non-hydrogen) atoms. The zero-order valence-electron chi connectivity index (χ0n) is 9.32. The molecule has 86 valence electrons. The second-order valence-corrected chi connectivity index (χ2v) is 5.62. The van der Waals surface area contributed by atoms with Crippen molar-refractivity contribution < 1.29 is 4.79 Å². The van der Waals surface area contributed by atoms with E-state index < -0.39 is 0 Å². The molecule has 0 aromatic rings. The predicted octanol–water partition coefficient (Wildman–Crippen LogP) is 0.935. The third-order valence-corrected chi connectivity index (χ3v) is 4.31. The van der Waals surface area contributed by atoms with Gasteiger partial charge in [0, 0.05) is 19.1 Å². The number of fused-ring (bicyclic) bond motifs is 1. The average molecular weight is 228 g/mol. The summed E-state index contributed by atoms with van der Waals surface area (Å²) in [5.74, 6) is 2.17. The highest BCUT2D eigenvalue weighted by Crippen LogP contribution is 2.35. The number of nitrogens with zero attached hydrogens (tertiary/aromatic N) is 1. The van der Waals surface area contributed by atoms with Crippen molar-refractivity contribution in [2.24, 2.45) is 17.6 Å². The van der Waals surface area contributed by atoms with Gasteiger partial charge in [-0.3, -0.25) is 4.79 Å². The van der Waals surface area contributed by atoms with E-state index in [0.29, 0.717) is 29.5 Å². The Morgan fingerprint density at radius 2 is 2.27 bits per heavy atom. The van der Waals surface area contributed by atoms with Crippen molar-refractivity contribution in [3.63, 3.8) is 0 Å². The van der Waals surface area contributed by atoms with Gasteiger partial charge in [-0.15, -0.1) is 0 Å². The lowest BCUT2D eigenvalue weighted by atomic mass is 9.78. The summed E-state index contributed by atoms with van der Waals surface area (Å²) >= 11 is 1.61. The zero-order valence-corrected chi connectivity index (χ0v) is 10.1. The van der Waals surface area contributed by atoms with Crippen molar-refractivity contribution >= 4 is 17.7 Å². The van der Waals surface area contributed by atoms with Gasteiger partial charge in [-0.25, -0.2) is 0 Å². The Morgan fingerprint density at radius 1 is 1.47 bits per heavy atom. The number of amides is 1. The molecule has 1 amide bonds. The van der Waals surface area contributed by atoms with Crippen molar-refractivity contribution in [3.05, 3.63) is 0 Å². The molecule has 0 aromatic carbocycles. The van der Waals surface area contributed by atoms with Gasteiger partial charge in [0.25, 0.3) is 0 Å². The Labute approximate surface area is 95.8 Å². The molecule has 3 atom stereocenters. The molecule has 1 aliphatic heterocycles. The van der Waals surface area contributed by atoms with Gasteiger partial charge in [0.2, 0.25) is 5.91 Å². The van der Waals surface area contributed by atoms with Crippen molar-refractivity contribution in [1.82, 2.24) is 4.90 Å². The highest BCUT2D eigenvalue weighted by Gasteiger charge is 2.39. The van der Waals surface area contributed by atoms with Crippen LogP contribution in [-0.2, 0) is 4.79 Å². The second-order valence-electron chi connectivity index (χ2n) is 4.75. The Kier molecular flexibility index (Phi) is 3.57. The van der Waals surface area contributed by atoms with Crippen LogP contribution in [0.15, 0.2) is 0 Å². The Hall–Kier alpha value is -0.220. The van der Waals surface area contributed by atoms with Gasteiger partial charge in [-0.1, -0.05) is 6.42 Å². The number of carbonyl (C=O) groups is 1. The van der Waals surface area contributed by atoms with Crippen molar-refractivity contribution in [3.8, 4) is 0 Å². The maximum Gasteiger partial charge on any atom is 0.232 e. The molecule has 0 spiro atoms. The SMILES string of the molecule is CSCC(=O)N1CC2CCCC(N)C2C1. The minimum absolute atomic E-state index is 0.295. The normalized spacial score (nSPS) is 35.3. The molecule has 3 nitrogen and oxygen atoms in total. The predicted molar refractivity (Wildman–Crippen MR) is 63.8 cm³/mol. The van der Waals surface area contributed by atoms with E-state index in [1.54, 1.807) is 11.8 Å². The van der Waals surface area contributed by atoms with Crippen LogP contribution in [0.25, 0.3) is 0 Å². The lowest BCUT2D eigenvalue weighted by Crippen LogP contribution is -2.38. The van der Waals surface area contributed by atoms with Crippen LogP contribution in [0.1, 0.15) is 19.3 Å². The molecule has 1 heterocycles. The highest BCUT2D eigenvalue weighted by molar-refractivity contribution is 7.99. The van der Waals surface area contributed by atoms with E-state index >= 15 is 0 Å². The summed E-state index contributed by atoms with van der Waals surface area (Å²) in [4.78, 5) is 13.8. The molecule has 2 rings (SSSR count). The van der Waals surface area contributed by atoms with Crippen molar-refractivity contribution in [2.75, 3.05) is 25.1 Å². The largest absolute Gasteiger partial charge is 0.341 e. The third-order valence-electron chi connectivity index (χ3n) is 3.77. The fourth-order valence-corrected chi connectivity index (χ4v) is 3.36. The van der Waals surface area contributed by atoms with E-state index in [4.69, 9.17) is 5.73 Å². The van der Waals surface area contributed by atoms with E-state index in [2.05, 4.69) is 0 Å². The summed E-state index contributed by atoms with van der Waals surface area (Å²) in [7, 11) is 0. The van der Waals surface area contributed by atoms with E-state index in [1.807, 2.05) is 11.2 Å². The smallest absolute Gasteiger partial charge is 0.232 e. The van der Waals surface area contributed by atoms with Crippen LogP contribution >= 0.6 is 11.8 Å². The number of likely N-dealkylation sites (tertiary alicyclic amines) is 1. The van der Waals surface area contributed by atoms with E-state index in [1.165, 1.54) is 12.8 Å². The second kappa shape index (κ2) is 4.74. The number of rotatable bonds is 2. The van der Waals surface area contributed by atoms with Crippen LogP contribution in [0.5, 0.6) is 0 Å². The highest BCUT2D eigenvalue weighted by atomic mass is 32.2. The van der Waals surface area contributed by atoms with Crippen molar-refractivity contribution in [2.45, 2.75) is 25.3 Å². The summed E-state index contributed by atoms with van der Waals surface area (Å²) in [6.07, 6.45) is 5.63. The van der Waals surface area contributed by atoms with Crippen LogP contribution in [0.2, 0.25) is 0 Å². The monoisotopic (exact) mass is 228 g/mol. The number of hydrogen-bond acceptors (Lipinski definition) is 3.